The minimum atomic E-state index is 0. The molecule has 0 saturated carbocycles. The molecule has 1 amide bonds. The van der Waals surface area contributed by atoms with Crippen LogP contribution in [0.5, 0.6) is 5.75 Å². The lowest BCUT2D eigenvalue weighted by atomic mass is 9.79. The molecule has 7 heteroatoms. The van der Waals surface area contributed by atoms with Crippen molar-refractivity contribution in [3.63, 3.8) is 0 Å². The second kappa shape index (κ2) is 12.9. The Morgan fingerprint density at radius 2 is 2.12 bits per heavy atom. The first kappa shape index (κ1) is 25.5. The Kier molecular flexibility index (Phi) is 9.97. The van der Waals surface area contributed by atoms with Crippen molar-refractivity contribution < 1.29 is 9.53 Å². The zero-order chi connectivity index (χ0) is 22.2. The topological polar surface area (TPSA) is 66.5 Å². The Morgan fingerprint density at radius 1 is 1.24 bits per heavy atom. The number of carbonyl (C=O) groups is 1. The van der Waals surface area contributed by atoms with Crippen molar-refractivity contribution in [3.05, 3.63) is 59.9 Å². The van der Waals surface area contributed by atoms with Crippen molar-refractivity contribution in [2.75, 3.05) is 26.2 Å². The van der Waals surface area contributed by atoms with Crippen LogP contribution >= 0.6 is 12.4 Å². The number of hydrogen-bond acceptors (Lipinski definition) is 5. The predicted molar refractivity (Wildman–Crippen MR) is 133 cm³/mol. The molecule has 1 aromatic carbocycles. The molecular formula is C26H37ClN4O2. The standard InChI is InChI=1S/C26H36N4O2.ClH/c1-2-32-24-8-3-6-20(13-24)15-29-26(31)10-4-9-25-23-12-22(16-28-25)18-30(19-23)17-21-7-5-11-27-14-21;/h3,5-8,11,13-14,22-23,25,28H,2,4,9-10,12,15-19H2,1H3,(H,29,31);1H/t22?,23?,25-;/m1./s1. The summed E-state index contributed by atoms with van der Waals surface area (Å²) in [6.45, 7) is 7.54. The largest absolute Gasteiger partial charge is 0.494 e. The first-order chi connectivity index (χ1) is 15.7. The monoisotopic (exact) mass is 472 g/mol. The fraction of sp³-hybridized carbons (Fsp3) is 0.538. The number of rotatable bonds is 10. The number of halogens is 1. The van der Waals surface area contributed by atoms with Crippen LogP contribution < -0.4 is 15.4 Å². The summed E-state index contributed by atoms with van der Waals surface area (Å²) in [5.74, 6) is 2.38. The summed E-state index contributed by atoms with van der Waals surface area (Å²) < 4.78 is 5.53. The van der Waals surface area contributed by atoms with E-state index in [1.807, 2.05) is 49.6 Å². The maximum absolute atomic E-state index is 12.4. The summed E-state index contributed by atoms with van der Waals surface area (Å²) in [6, 6.07) is 12.6. The normalized spacial score (nSPS) is 22.3. The number of aromatic nitrogens is 1. The summed E-state index contributed by atoms with van der Waals surface area (Å²) in [5.41, 5.74) is 2.36. The maximum Gasteiger partial charge on any atom is 0.220 e. The first-order valence-electron chi connectivity index (χ1n) is 12.0. The molecule has 180 valence electrons. The van der Waals surface area contributed by atoms with Gasteiger partial charge in [0, 0.05) is 51.0 Å². The van der Waals surface area contributed by atoms with Crippen molar-refractivity contribution in [2.45, 2.75) is 51.7 Å². The van der Waals surface area contributed by atoms with Gasteiger partial charge in [0.15, 0.2) is 0 Å². The van der Waals surface area contributed by atoms with Gasteiger partial charge in [-0.05, 0) is 73.9 Å². The molecule has 33 heavy (non-hydrogen) atoms. The van der Waals surface area contributed by atoms with Gasteiger partial charge in [-0.2, -0.15) is 0 Å². The average Bonchev–Trinajstić information content (AvgIpc) is 2.80. The molecule has 2 N–H and O–H groups in total. The van der Waals surface area contributed by atoms with E-state index in [0.29, 0.717) is 31.5 Å². The number of pyridine rings is 1. The number of likely N-dealkylation sites (tertiary alicyclic amines) is 1. The Labute approximate surface area is 203 Å². The van der Waals surface area contributed by atoms with Crippen LogP contribution in [0.3, 0.4) is 0 Å². The zero-order valence-corrected chi connectivity index (χ0v) is 20.4. The molecule has 0 spiro atoms. The third kappa shape index (κ3) is 7.70. The van der Waals surface area contributed by atoms with Crippen LogP contribution in [0.1, 0.15) is 43.7 Å². The van der Waals surface area contributed by atoms with Crippen molar-refractivity contribution in [1.29, 1.82) is 0 Å². The van der Waals surface area contributed by atoms with E-state index in [1.165, 1.54) is 12.0 Å². The van der Waals surface area contributed by atoms with Gasteiger partial charge in [-0.15, -0.1) is 12.4 Å². The summed E-state index contributed by atoms with van der Waals surface area (Å²) in [5, 5.41) is 6.83. The van der Waals surface area contributed by atoms with Crippen molar-refractivity contribution in [3.8, 4) is 5.75 Å². The summed E-state index contributed by atoms with van der Waals surface area (Å²) in [7, 11) is 0. The van der Waals surface area contributed by atoms with E-state index in [2.05, 4.69) is 26.6 Å². The molecule has 2 bridgehead atoms. The molecule has 2 unspecified atom stereocenters. The Morgan fingerprint density at radius 3 is 2.94 bits per heavy atom. The van der Waals surface area contributed by atoms with E-state index >= 15 is 0 Å². The molecule has 3 heterocycles. The Balaban J connectivity index is 0.00000306. The molecule has 6 nitrogen and oxygen atoms in total. The lowest BCUT2D eigenvalue weighted by Crippen LogP contribution is -2.55. The van der Waals surface area contributed by atoms with E-state index in [-0.39, 0.29) is 18.3 Å². The Bertz CT molecular complexity index is 866. The SMILES string of the molecule is CCOc1cccc(CNC(=O)CCC[C@H]2NCC3CC2CN(Cc2cccnc2)C3)c1.Cl. The molecule has 0 aliphatic carbocycles. The third-order valence-corrected chi connectivity index (χ3v) is 6.63. The first-order valence-corrected chi connectivity index (χ1v) is 12.0. The van der Waals surface area contributed by atoms with Gasteiger partial charge in [0.1, 0.15) is 5.75 Å². The van der Waals surface area contributed by atoms with Gasteiger partial charge in [0.25, 0.3) is 0 Å². The number of benzene rings is 1. The van der Waals surface area contributed by atoms with E-state index in [4.69, 9.17) is 4.74 Å². The van der Waals surface area contributed by atoms with Crippen LogP contribution in [0.15, 0.2) is 48.8 Å². The van der Waals surface area contributed by atoms with Crippen LogP contribution in [0.2, 0.25) is 0 Å². The molecule has 4 rings (SSSR count). The molecular weight excluding hydrogens is 436 g/mol. The van der Waals surface area contributed by atoms with Gasteiger partial charge in [-0.1, -0.05) is 18.2 Å². The van der Waals surface area contributed by atoms with Gasteiger partial charge in [0.2, 0.25) is 5.91 Å². The van der Waals surface area contributed by atoms with E-state index in [0.717, 1.165) is 56.3 Å². The molecule has 2 aliphatic rings. The molecule has 2 saturated heterocycles. The molecule has 2 aromatic rings. The number of piperidine rings is 2. The van der Waals surface area contributed by atoms with Gasteiger partial charge in [-0.25, -0.2) is 0 Å². The van der Waals surface area contributed by atoms with Crippen molar-refractivity contribution >= 4 is 18.3 Å². The lowest BCUT2D eigenvalue weighted by Gasteiger charge is -2.46. The number of ether oxygens (including phenoxy) is 1. The third-order valence-electron chi connectivity index (χ3n) is 6.63. The summed E-state index contributed by atoms with van der Waals surface area (Å²) >= 11 is 0. The fourth-order valence-corrected chi connectivity index (χ4v) is 5.17. The number of nitrogens with one attached hydrogen (secondary N) is 2. The van der Waals surface area contributed by atoms with E-state index < -0.39 is 0 Å². The van der Waals surface area contributed by atoms with Crippen molar-refractivity contribution in [1.82, 2.24) is 20.5 Å². The maximum atomic E-state index is 12.4. The van der Waals surface area contributed by atoms with Crippen LogP contribution in [0, 0.1) is 11.8 Å². The lowest BCUT2D eigenvalue weighted by molar-refractivity contribution is -0.121. The van der Waals surface area contributed by atoms with Gasteiger partial charge < -0.3 is 15.4 Å². The molecule has 2 aliphatic heterocycles. The highest BCUT2D eigenvalue weighted by Crippen LogP contribution is 2.31. The smallest absolute Gasteiger partial charge is 0.220 e. The predicted octanol–water partition coefficient (Wildman–Crippen LogP) is 3.80. The zero-order valence-electron chi connectivity index (χ0n) is 19.5. The van der Waals surface area contributed by atoms with Crippen molar-refractivity contribution in [2.24, 2.45) is 11.8 Å². The summed E-state index contributed by atoms with van der Waals surface area (Å²) in [6.07, 6.45) is 7.69. The molecule has 1 aromatic heterocycles. The van der Waals surface area contributed by atoms with E-state index in [1.54, 1.807) is 0 Å². The van der Waals surface area contributed by atoms with Gasteiger partial charge in [0.05, 0.1) is 6.61 Å². The highest BCUT2D eigenvalue weighted by Gasteiger charge is 2.36. The average molecular weight is 473 g/mol. The second-order valence-corrected chi connectivity index (χ2v) is 9.18. The van der Waals surface area contributed by atoms with Crippen LogP contribution in [0.4, 0.5) is 0 Å². The quantitative estimate of drug-likeness (QED) is 0.550. The minimum absolute atomic E-state index is 0. The number of carbonyl (C=O) groups excluding carboxylic acids is 1. The van der Waals surface area contributed by atoms with Gasteiger partial charge >= 0.3 is 0 Å². The minimum Gasteiger partial charge on any atom is -0.494 e. The van der Waals surface area contributed by atoms with Crippen LogP contribution in [-0.2, 0) is 17.9 Å². The van der Waals surface area contributed by atoms with Crippen LogP contribution in [-0.4, -0.2) is 48.1 Å². The van der Waals surface area contributed by atoms with Crippen LogP contribution in [0.25, 0.3) is 0 Å². The molecule has 0 radical (unpaired) electrons. The van der Waals surface area contributed by atoms with Gasteiger partial charge in [-0.3, -0.25) is 14.7 Å². The number of fused-ring (bicyclic) bond motifs is 2. The highest BCUT2D eigenvalue weighted by atomic mass is 35.5. The Hall–Kier alpha value is -2.15. The number of hydrogen-bond donors (Lipinski definition) is 2. The summed E-state index contributed by atoms with van der Waals surface area (Å²) in [4.78, 5) is 19.2. The molecule has 2 fully saturated rings. The second-order valence-electron chi connectivity index (χ2n) is 9.18. The molecule has 3 atom stereocenters. The fourth-order valence-electron chi connectivity index (χ4n) is 5.17. The van der Waals surface area contributed by atoms with E-state index in [9.17, 15) is 4.79 Å². The number of amides is 1. The highest BCUT2D eigenvalue weighted by molar-refractivity contribution is 5.85. The number of nitrogens with zero attached hydrogens (tertiary/aromatic N) is 2.